The van der Waals surface area contributed by atoms with Crippen LogP contribution in [-0.4, -0.2) is 30.1 Å². The van der Waals surface area contributed by atoms with E-state index in [4.69, 9.17) is 8.94 Å². The summed E-state index contributed by atoms with van der Waals surface area (Å²) in [6.07, 6.45) is 0. The molecule has 0 spiro atoms. The first-order chi connectivity index (χ1) is 11.1. The van der Waals surface area contributed by atoms with Crippen LogP contribution in [0.4, 0.5) is 5.88 Å². The maximum Gasteiger partial charge on any atom is 0.433 e. The topological polar surface area (TPSA) is 126 Å². The molecule has 23 heavy (non-hydrogen) atoms. The van der Waals surface area contributed by atoms with Gasteiger partial charge in [0.25, 0.3) is 5.89 Å². The van der Waals surface area contributed by atoms with Crippen molar-refractivity contribution >= 4 is 16.9 Å². The largest absolute Gasteiger partial charge is 0.433 e. The fraction of sp³-hybridized carbons (Fsp3) is 0.0769. The molecular weight excluding hydrogens is 304 g/mol. The van der Waals surface area contributed by atoms with Crippen LogP contribution in [0.25, 0.3) is 34.1 Å². The molecule has 10 heteroatoms. The Morgan fingerprint density at radius 2 is 2.13 bits per heavy atom. The van der Waals surface area contributed by atoms with Gasteiger partial charge in [-0.25, -0.2) is 4.68 Å². The highest BCUT2D eigenvalue weighted by molar-refractivity contribution is 5.79. The molecule has 0 atom stereocenters. The Hall–Kier alpha value is -3.56. The van der Waals surface area contributed by atoms with Crippen molar-refractivity contribution in [2.24, 2.45) is 7.05 Å². The predicted octanol–water partition coefficient (Wildman–Crippen LogP) is 2.19. The molecular formula is C13H8N6O4. The number of rotatable bonds is 3. The molecule has 0 fully saturated rings. The SMILES string of the molecule is Cn1nnc2cc(-c3noc(-c4ccc([N+](=O)[O-])o4)n3)ccc21. The van der Waals surface area contributed by atoms with Gasteiger partial charge in [-0.3, -0.25) is 10.1 Å². The number of benzene rings is 1. The van der Waals surface area contributed by atoms with Crippen molar-refractivity contribution in [1.29, 1.82) is 0 Å². The Morgan fingerprint density at radius 3 is 2.91 bits per heavy atom. The van der Waals surface area contributed by atoms with E-state index in [1.54, 1.807) is 17.8 Å². The first kappa shape index (κ1) is 13.1. The molecule has 114 valence electrons. The molecule has 4 aromatic rings. The fourth-order valence-electron chi connectivity index (χ4n) is 2.16. The van der Waals surface area contributed by atoms with Gasteiger partial charge in [0, 0.05) is 12.6 Å². The lowest BCUT2D eigenvalue weighted by molar-refractivity contribution is -0.401. The van der Waals surface area contributed by atoms with Crippen LogP contribution in [0.2, 0.25) is 0 Å². The van der Waals surface area contributed by atoms with Crippen molar-refractivity contribution in [1.82, 2.24) is 25.1 Å². The molecule has 0 bridgehead atoms. The second-order valence-electron chi connectivity index (χ2n) is 4.73. The molecule has 0 saturated carbocycles. The summed E-state index contributed by atoms with van der Waals surface area (Å²) in [5.41, 5.74) is 2.26. The van der Waals surface area contributed by atoms with Crippen LogP contribution in [0.3, 0.4) is 0 Å². The molecule has 0 amide bonds. The second kappa shape index (κ2) is 4.73. The smallest absolute Gasteiger partial charge is 0.395 e. The molecule has 3 aromatic heterocycles. The summed E-state index contributed by atoms with van der Waals surface area (Å²) in [4.78, 5) is 14.2. The molecule has 0 unspecified atom stereocenters. The summed E-state index contributed by atoms with van der Waals surface area (Å²) >= 11 is 0. The van der Waals surface area contributed by atoms with Gasteiger partial charge in [-0.2, -0.15) is 4.98 Å². The van der Waals surface area contributed by atoms with Crippen LogP contribution in [0.5, 0.6) is 0 Å². The van der Waals surface area contributed by atoms with E-state index in [0.29, 0.717) is 16.9 Å². The Kier molecular flexibility index (Phi) is 2.70. The summed E-state index contributed by atoms with van der Waals surface area (Å²) in [5.74, 6) is 0.135. The highest BCUT2D eigenvalue weighted by atomic mass is 16.6. The van der Waals surface area contributed by atoms with E-state index in [0.717, 1.165) is 5.52 Å². The van der Waals surface area contributed by atoms with Crippen LogP contribution in [0.1, 0.15) is 0 Å². The predicted molar refractivity (Wildman–Crippen MR) is 76.2 cm³/mol. The Labute approximate surface area is 127 Å². The van der Waals surface area contributed by atoms with E-state index in [1.807, 2.05) is 12.1 Å². The fourth-order valence-corrected chi connectivity index (χ4v) is 2.16. The minimum Gasteiger partial charge on any atom is -0.395 e. The third kappa shape index (κ3) is 2.12. The number of hydrogen-bond donors (Lipinski definition) is 0. The molecule has 0 aliphatic rings. The van der Waals surface area contributed by atoms with Gasteiger partial charge in [0.1, 0.15) is 10.4 Å². The second-order valence-corrected chi connectivity index (χ2v) is 4.73. The molecule has 0 aliphatic carbocycles. The monoisotopic (exact) mass is 312 g/mol. The zero-order chi connectivity index (χ0) is 16.0. The van der Waals surface area contributed by atoms with Crippen LogP contribution in [0.15, 0.2) is 39.3 Å². The normalized spacial score (nSPS) is 11.2. The van der Waals surface area contributed by atoms with Crippen LogP contribution >= 0.6 is 0 Å². The highest BCUT2D eigenvalue weighted by Gasteiger charge is 2.18. The van der Waals surface area contributed by atoms with Gasteiger partial charge < -0.3 is 8.94 Å². The maximum atomic E-state index is 10.6. The van der Waals surface area contributed by atoms with Crippen molar-refractivity contribution in [3.05, 3.63) is 40.4 Å². The molecule has 1 aromatic carbocycles. The van der Waals surface area contributed by atoms with Crippen molar-refractivity contribution in [2.45, 2.75) is 0 Å². The summed E-state index contributed by atoms with van der Waals surface area (Å²) < 4.78 is 11.8. The maximum absolute atomic E-state index is 10.6. The van der Waals surface area contributed by atoms with E-state index in [9.17, 15) is 10.1 Å². The number of furan rings is 1. The first-order valence-corrected chi connectivity index (χ1v) is 6.50. The standard InChI is InChI=1S/C13H8N6O4/c1-18-9-3-2-7(6-8(9)15-17-18)12-14-13(23-16-12)10-4-5-11(22-10)19(20)21/h2-6H,1H3. The van der Waals surface area contributed by atoms with Crippen molar-refractivity contribution in [3.8, 4) is 23.0 Å². The number of nitro groups is 1. The van der Waals surface area contributed by atoms with Crippen molar-refractivity contribution in [3.63, 3.8) is 0 Å². The third-order valence-electron chi connectivity index (χ3n) is 3.28. The van der Waals surface area contributed by atoms with E-state index < -0.39 is 4.92 Å². The van der Waals surface area contributed by atoms with Gasteiger partial charge in [0.15, 0.2) is 5.76 Å². The Morgan fingerprint density at radius 1 is 1.26 bits per heavy atom. The number of hydrogen-bond acceptors (Lipinski definition) is 8. The summed E-state index contributed by atoms with van der Waals surface area (Å²) in [5, 5.41) is 22.4. The number of fused-ring (bicyclic) bond motifs is 1. The number of nitrogens with zero attached hydrogens (tertiary/aromatic N) is 6. The number of aromatic nitrogens is 5. The molecule has 3 heterocycles. The average molecular weight is 312 g/mol. The molecule has 0 N–H and O–H groups in total. The summed E-state index contributed by atoms with van der Waals surface area (Å²) in [7, 11) is 1.80. The molecule has 0 saturated heterocycles. The lowest BCUT2D eigenvalue weighted by atomic mass is 10.2. The van der Waals surface area contributed by atoms with E-state index >= 15 is 0 Å². The molecule has 0 aliphatic heterocycles. The zero-order valence-electron chi connectivity index (χ0n) is 11.7. The van der Waals surface area contributed by atoms with Crippen LogP contribution in [-0.2, 0) is 7.05 Å². The van der Waals surface area contributed by atoms with Gasteiger partial charge in [0.2, 0.25) is 5.82 Å². The number of aryl methyl sites for hydroxylation is 1. The van der Waals surface area contributed by atoms with Gasteiger partial charge in [-0.15, -0.1) is 5.10 Å². The Balaban J connectivity index is 1.71. The average Bonchev–Trinajstić information content (AvgIpc) is 3.26. The molecule has 4 rings (SSSR count). The quantitative estimate of drug-likeness (QED) is 0.416. The third-order valence-corrected chi connectivity index (χ3v) is 3.28. The lowest BCUT2D eigenvalue weighted by Crippen LogP contribution is -1.89. The van der Waals surface area contributed by atoms with Crippen molar-refractivity contribution < 1.29 is 13.9 Å². The summed E-state index contributed by atoms with van der Waals surface area (Å²) in [6, 6.07) is 8.07. The van der Waals surface area contributed by atoms with Crippen LogP contribution < -0.4 is 0 Å². The summed E-state index contributed by atoms with van der Waals surface area (Å²) in [6.45, 7) is 0. The first-order valence-electron chi connectivity index (χ1n) is 6.50. The lowest BCUT2D eigenvalue weighted by Gasteiger charge is -1.94. The highest BCUT2D eigenvalue weighted by Crippen LogP contribution is 2.27. The van der Waals surface area contributed by atoms with Gasteiger partial charge in [-0.1, -0.05) is 10.4 Å². The van der Waals surface area contributed by atoms with Crippen molar-refractivity contribution in [2.75, 3.05) is 0 Å². The van der Waals surface area contributed by atoms with Crippen LogP contribution in [0, 0.1) is 10.1 Å². The minimum absolute atomic E-state index is 0.0624. The van der Waals surface area contributed by atoms with Gasteiger partial charge >= 0.3 is 5.88 Å². The molecule has 0 radical (unpaired) electrons. The van der Waals surface area contributed by atoms with E-state index in [2.05, 4.69) is 20.5 Å². The zero-order valence-corrected chi connectivity index (χ0v) is 11.7. The van der Waals surface area contributed by atoms with Gasteiger partial charge in [-0.05, 0) is 24.3 Å². The van der Waals surface area contributed by atoms with E-state index in [1.165, 1.54) is 12.1 Å². The Bertz CT molecular complexity index is 1030. The minimum atomic E-state index is -0.636. The van der Waals surface area contributed by atoms with Gasteiger partial charge in [0.05, 0.1) is 11.6 Å². The molecule has 10 nitrogen and oxygen atoms in total. The van der Waals surface area contributed by atoms with E-state index in [-0.39, 0.29) is 17.5 Å².